The molecule has 6 nitrogen and oxygen atoms in total. The van der Waals surface area contributed by atoms with E-state index in [4.69, 9.17) is 11.5 Å². The maximum Gasteiger partial charge on any atom is 0.220 e. The van der Waals surface area contributed by atoms with Crippen molar-refractivity contribution < 1.29 is 9.59 Å². The van der Waals surface area contributed by atoms with Gasteiger partial charge in [-0.25, -0.2) is 0 Å². The summed E-state index contributed by atoms with van der Waals surface area (Å²) in [7, 11) is 0. The van der Waals surface area contributed by atoms with Crippen molar-refractivity contribution in [1.82, 2.24) is 5.32 Å². The highest BCUT2D eigenvalue weighted by molar-refractivity contribution is 5.89. The molecule has 0 aromatic rings. The van der Waals surface area contributed by atoms with E-state index in [9.17, 15) is 9.59 Å². The number of ketones is 1. The van der Waals surface area contributed by atoms with E-state index in [-0.39, 0.29) is 17.6 Å². The van der Waals surface area contributed by atoms with Crippen molar-refractivity contribution in [3.8, 4) is 0 Å². The van der Waals surface area contributed by atoms with Crippen LogP contribution >= 0.6 is 0 Å². The number of unbranched alkanes of at least 4 members (excludes halogenated alkanes) is 18. The Labute approximate surface area is 229 Å². The zero-order chi connectivity index (χ0) is 27.4. The SMILES string of the molecule is CCCCCCCCCCCCCCCCCC(=O)NC(CCCN=C(N)N)C(=O)CCCCCCC. The molecule has 0 spiro atoms. The van der Waals surface area contributed by atoms with E-state index in [1.54, 1.807) is 0 Å². The number of carbonyl (C=O) groups is 2. The van der Waals surface area contributed by atoms with E-state index < -0.39 is 6.04 Å². The van der Waals surface area contributed by atoms with E-state index in [0.29, 0.717) is 32.2 Å². The quantitative estimate of drug-likeness (QED) is 0.0555. The van der Waals surface area contributed by atoms with Crippen LogP contribution in [0.25, 0.3) is 0 Å². The number of hydrogen-bond acceptors (Lipinski definition) is 3. The number of nitrogens with one attached hydrogen (secondary N) is 1. The molecule has 0 saturated heterocycles. The standard InChI is InChI=1S/C31H62N4O2/c1-3-5-7-9-10-11-12-13-14-15-16-17-18-20-22-26-30(37)35-28(24-23-27-34-31(32)33)29(36)25-21-19-8-6-4-2/h28H,3-27H2,1-2H3,(H,35,37)(H4,32,33,34). The van der Waals surface area contributed by atoms with Gasteiger partial charge in [0.1, 0.15) is 0 Å². The van der Waals surface area contributed by atoms with Crippen LogP contribution in [0.3, 0.4) is 0 Å². The van der Waals surface area contributed by atoms with Crippen molar-refractivity contribution in [2.24, 2.45) is 16.5 Å². The maximum atomic E-state index is 12.8. The number of nitrogens with zero attached hydrogens (tertiary/aromatic N) is 1. The van der Waals surface area contributed by atoms with Crippen LogP contribution in [0.5, 0.6) is 0 Å². The summed E-state index contributed by atoms with van der Waals surface area (Å²) in [5.74, 6) is 0.211. The summed E-state index contributed by atoms with van der Waals surface area (Å²) in [6.45, 7) is 4.94. The fourth-order valence-electron chi connectivity index (χ4n) is 4.82. The molecule has 6 heteroatoms. The van der Waals surface area contributed by atoms with Crippen molar-refractivity contribution in [2.45, 2.75) is 174 Å². The summed E-state index contributed by atoms with van der Waals surface area (Å²) in [6, 6.07) is -0.413. The molecule has 1 unspecified atom stereocenters. The molecule has 0 rings (SSSR count). The Kier molecular flexibility index (Phi) is 26.3. The molecule has 0 radical (unpaired) electrons. The van der Waals surface area contributed by atoms with E-state index in [1.807, 2.05) is 0 Å². The van der Waals surface area contributed by atoms with Crippen molar-refractivity contribution in [3.63, 3.8) is 0 Å². The molecule has 0 saturated carbocycles. The van der Waals surface area contributed by atoms with Crippen LogP contribution < -0.4 is 16.8 Å². The summed E-state index contributed by atoms with van der Waals surface area (Å²) in [6.07, 6.45) is 27.5. The third kappa shape index (κ3) is 25.8. The molecule has 218 valence electrons. The molecule has 5 N–H and O–H groups in total. The van der Waals surface area contributed by atoms with E-state index >= 15 is 0 Å². The van der Waals surface area contributed by atoms with Gasteiger partial charge in [-0.05, 0) is 25.7 Å². The van der Waals surface area contributed by atoms with Gasteiger partial charge < -0.3 is 16.8 Å². The van der Waals surface area contributed by atoms with E-state index in [2.05, 4.69) is 24.2 Å². The number of guanidine groups is 1. The van der Waals surface area contributed by atoms with Gasteiger partial charge in [0.15, 0.2) is 11.7 Å². The number of nitrogens with two attached hydrogens (primary N) is 2. The molecule has 0 aliphatic heterocycles. The minimum atomic E-state index is -0.413. The number of carbonyl (C=O) groups excluding carboxylic acids is 2. The number of amides is 1. The lowest BCUT2D eigenvalue weighted by Gasteiger charge is -2.17. The predicted octanol–water partition coefficient (Wildman–Crippen LogP) is 7.72. The summed E-state index contributed by atoms with van der Waals surface area (Å²) < 4.78 is 0. The van der Waals surface area contributed by atoms with Gasteiger partial charge in [0.2, 0.25) is 5.91 Å². The Morgan fingerprint density at radius 3 is 1.43 bits per heavy atom. The monoisotopic (exact) mass is 522 g/mol. The summed E-state index contributed by atoms with van der Waals surface area (Å²) in [4.78, 5) is 29.3. The second-order valence-electron chi connectivity index (χ2n) is 10.9. The highest BCUT2D eigenvalue weighted by Crippen LogP contribution is 2.14. The van der Waals surface area contributed by atoms with Crippen LogP contribution in [-0.4, -0.2) is 30.2 Å². The molecule has 0 aromatic carbocycles. The molecule has 0 aromatic heterocycles. The first-order valence-corrected chi connectivity index (χ1v) is 15.9. The molecule has 37 heavy (non-hydrogen) atoms. The van der Waals surface area contributed by atoms with Gasteiger partial charge in [-0.15, -0.1) is 0 Å². The van der Waals surface area contributed by atoms with Gasteiger partial charge in [-0.1, -0.05) is 129 Å². The van der Waals surface area contributed by atoms with Gasteiger partial charge in [0.05, 0.1) is 6.04 Å². The number of aliphatic imine (C=N–C) groups is 1. The smallest absolute Gasteiger partial charge is 0.220 e. The average Bonchev–Trinajstić information content (AvgIpc) is 2.87. The number of Topliss-reactive ketones (excluding diaryl/α,β-unsaturated/α-hetero) is 1. The van der Waals surface area contributed by atoms with Crippen molar-refractivity contribution in [2.75, 3.05) is 6.54 Å². The third-order valence-electron chi connectivity index (χ3n) is 7.20. The van der Waals surface area contributed by atoms with E-state index in [0.717, 1.165) is 25.7 Å². The highest BCUT2D eigenvalue weighted by atomic mass is 16.2. The molecule has 1 atom stereocenters. The minimum Gasteiger partial charge on any atom is -0.370 e. The second kappa shape index (κ2) is 27.4. The van der Waals surface area contributed by atoms with Crippen LogP contribution in [0.2, 0.25) is 0 Å². The Bertz CT molecular complexity index is 561. The normalized spacial score (nSPS) is 11.8. The summed E-state index contributed by atoms with van der Waals surface area (Å²) in [5, 5.41) is 3.01. The summed E-state index contributed by atoms with van der Waals surface area (Å²) >= 11 is 0. The summed E-state index contributed by atoms with van der Waals surface area (Å²) in [5.41, 5.74) is 10.8. The lowest BCUT2D eigenvalue weighted by atomic mass is 10.00. The van der Waals surface area contributed by atoms with Gasteiger partial charge in [-0.2, -0.15) is 0 Å². The molecule has 0 fully saturated rings. The lowest BCUT2D eigenvalue weighted by molar-refractivity contribution is -0.128. The van der Waals surface area contributed by atoms with Crippen molar-refractivity contribution in [3.05, 3.63) is 0 Å². The van der Waals surface area contributed by atoms with Crippen molar-refractivity contribution >= 4 is 17.6 Å². The third-order valence-corrected chi connectivity index (χ3v) is 7.20. The zero-order valence-corrected chi connectivity index (χ0v) is 24.7. The van der Waals surface area contributed by atoms with Crippen LogP contribution in [0.15, 0.2) is 4.99 Å². The van der Waals surface area contributed by atoms with Crippen LogP contribution in [0.4, 0.5) is 0 Å². The molecular formula is C31H62N4O2. The molecule has 0 heterocycles. The Morgan fingerprint density at radius 2 is 1.00 bits per heavy atom. The molecule has 0 aliphatic rings. The Balaban J connectivity index is 3.94. The van der Waals surface area contributed by atoms with Crippen LogP contribution in [0.1, 0.15) is 168 Å². The van der Waals surface area contributed by atoms with Crippen LogP contribution in [0, 0.1) is 0 Å². The fraction of sp³-hybridized carbons (Fsp3) is 0.903. The van der Waals surface area contributed by atoms with Gasteiger partial charge in [0.25, 0.3) is 0 Å². The molecular weight excluding hydrogens is 460 g/mol. The van der Waals surface area contributed by atoms with E-state index in [1.165, 1.54) is 103 Å². The van der Waals surface area contributed by atoms with Crippen molar-refractivity contribution in [1.29, 1.82) is 0 Å². The first kappa shape index (κ1) is 35.4. The predicted molar refractivity (Wildman–Crippen MR) is 160 cm³/mol. The minimum absolute atomic E-state index is 0.000803. The maximum absolute atomic E-state index is 12.8. The average molecular weight is 523 g/mol. The second-order valence-corrected chi connectivity index (χ2v) is 10.9. The van der Waals surface area contributed by atoms with Crippen LogP contribution in [-0.2, 0) is 9.59 Å². The first-order valence-electron chi connectivity index (χ1n) is 15.9. The highest BCUT2D eigenvalue weighted by Gasteiger charge is 2.19. The fourth-order valence-corrected chi connectivity index (χ4v) is 4.82. The van der Waals surface area contributed by atoms with Gasteiger partial charge in [0, 0.05) is 19.4 Å². The molecule has 0 aliphatic carbocycles. The Hall–Kier alpha value is -1.59. The lowest BCUT2D eigenvalue weighted by Crippen LogP contribution is -2.40. The zero-order valence-electron chi connectivity index (χ0n) is 24.7. The first-order chi connectivity index (χ1) is 18.0. The largest absolute Gasteiger partial charge is 0.370 e. The van der Waals surface area contributed by atoms with Gasteiger partial charge >= 0.3 is 0 Å². The van der Waals surface area contributed by atoms with Gasteiger partial charge in [-0.3, -0.25) is 14.6 Å². The molecule has 0 bridgehead atoms. The number of hydrogen-bond donors (Lipinski definition) is 3. The molecule has 1 amide bonds. The Morgan fingerprint density at radius 1 is 0.595 bits per heavy atom. The topological polar surface area (TPSA) is 111 Å². The number of rotatable bonds is 28.